The Balaban J connectivity index is 2.17. The maximum absolute atomic E-state index is 12.3. The van der Waals surface area contributed by atoms with Crippen molar-refractivity contribution in [3.8, 4) is 23.6 Å². The lowest BCUT2D eigenvalue weighted by Crippen LogP contribution is -2.07. The molecule has 0 fully saturated rings. The van der Waals surface area contributed by atoms with Crippen molar-refractivity contribution >= 4 is 34.3 Å². The van der Waals surface area contributed by atoms with E-state index in [0.717, 1.165) is 11.3 Å². The van der Waals surface area contributed by atoms with Gasteiger partial charge in [0.25, 0.3) is 0 Å². The van der Waals surface area contributed by atoms with Crippen molar-refractivity contribution in [1.82, 2.24) is 0 Å². The molecule has 154 valence electrons. The molecule has 0 atom stereocenters. The van der Waals surface area contributed by atoms with E-state index in [-0.39, 0.29) is 28.7 Å². The number of hydrogen-bond acceptors (Lipinski definition) is 8. The highest BCUT2D eigenvalue weighted by molar-refractivity contribution is 7.18. The monoisotopic (exact) mass is 425 g/mol. The van der Waals surface area contributed by atoms with Gasteiger partial charge in [-0.05, 0) is 43.2 Å². The quantitative estimate of drug-likeness (QED) is 0.506. The molecule has 1 aromatic heterocycles. The Morgan fingerprint density at radius 2 is 2.03 bits per heavy atom. The predicted molar refractivity (Wildman–Crippen MR) is 111 cm³/mol. The topological polar surface area (TPSA) is 121 Å². The second-order valence-electron chi connectivity index (χ2n) is 5.77. The van der Waals surface area contributed by atoms with Gasteiger partial charge in [0.2, 0.25) is 5.91 Å². The van der Waals surface area contributed by atoms with Gasteiger partial charge < -0.3 is 19.5 Å². The first-order chi connectivity index (χ1) is 14.4. The minimum atomic E-state index is -0.529. The summed E-state index contributed by atoms with van der Waals surface area (Å²) >= 11 is 0.999. The maximum atomic E-state index is 12.3. The molecule has 0 saturated heterocycles. The molecular formula is C21H19N3O5S. The number of thiophene rings is 1. The fraction of sp³-hybridized carbons (Fsp3) is 0.238. The van der Waals surface area contributed by atoms with Crippen LogP contribution in [0.15, 0.2) is 24.3 Å². The number of rotatable bonds is 8. The average Bonchev–Trinajstić information content (AvgIpc) is 3.06. The van der Waals surface area contributed by atoms with E-state index < -0.39 is 11.9 Å². The number of ether oxygens (including phenoxy) is 3. The lowest BCUT2D eigenvalue weighted by Gasteiger charge is -2.08. The summed E-state index contributed by atoms with van der Waals surface area (Å²) in [6.07, 6.45) is 2.86. The molecule has 0 spiro atoms. The molecule has 8 nitrogen and oxygen atoms in total. The summed E-state index contributed by atoms with van der Waals surface area (Å²) in [6.45, 7) is 3.43. The molecule has 1 heterocycles. The van der Waals surface area contributed by atoms with E-state index in [4.69, 9.17) is 19.5 Å². The van der Waals surface area contributed by atoms with Gasteiger partial charge in [0.1, 0.15) is 22.0 Å². The molecule has 2 rings (SSSR count). The maximum Gasteiger partial charge on any atom is 0.348 e. The SMILES string of the molecule is CCOC(=O)c1sc(NC(=O)/C=C/c2ccc(OCC#N)c(OC)c2)c(C#N)c1C. The summed E-state index contributed by atoms with van der Waals surface area (Å²) in [7, 11) is 1.47. The summed E-state index contributed by atoms with van der Waals surface area (Å²) in [4.78, 5) is 24.6. The standard InChI is InChI=1S/C21H19N3O5S/c1-4-28-21(26)19-13(2)15(12-23)20(30-19)24-18(25)8-6-14-5-7-16(29-10-9-22)17(11-14)27-3/h5-8,11H,4,10H2,1-3H3,(H,24,25)/b8-6+. The molecule has 0 saturated carbocycles. The van der Waals surface area contributed by atoms with Crippen LogP contribution in [-0.2, 0) is 9.53 Å². The molecule has 0 aliphatic rings. The third-order valence-electron chi connectivity index (χ3n) is 3.86. The molecule has 9 heteroatoms. The van der Waals surface area contributed by atoms with Gasteiger partial charge in [-0.2, -0.15) is 10.5 Å². The first-order valence-electron chi connectivity index (χ1n) is 8.82. The number of nitrogens with one attached hydrogen (secondary N) is 1. The van der Waals surface area contributed by atoms with Crippen molar-refractivity contribution in [2.24, 2.45) is 0 Å². The van der Waals surface area contributed by atoms with Crippen molar-refractivity contribution in [2.45, 2.75) is 13.8 Å². The highest BCUT2D eigenvalue weighted by atomic mass is 32.1. The summed E-state index contributed by atoms with van der Waals surface area (Å²) < 4.78 is 15.5. The predicted octanol–water partition coefficient (Wildman–Crippen LogP) is 3.67. The van der Waals surface area contributed by atoms with E-state index in [2.05, 4.69) is 5.32 Å². The van der Waals surface area contributed by atoms with Crippen LogP contribution in [0.3, 0.4) is 0 Å². The van der Waals surface area contributed by atoms with Crippen LogP contribution in [0, 0.1) is 29.6 Å². The van der Waals surface area contributed by atoms with Crippen molar-refractivity contribution in [3.05, 3.63) is 45.8 Å². The van der Waals surface area contributed by atoms with Gasteiger partial charge in [0, 0.05) is 6.08 Å². The van der Waals surface area contributed by atoms with Gasteiger partial charge in [-0.15, -0.1) is 11.3 Å². The second kappa shape index (κ2) is 10.6. The number of hydrogen-bond donors (Lipinski definition) is 1. The van der Waals surface area contributed by atoms with Crippen molar-refractivity contribution in [2.75, 3.05) is 25.6 Å². The zero-order valence-corrected chi connectivity index (χ0v) is 17.5. The lowest BCUT2D eigenvalue weighted by molar-refractivity contribution is -0.111. The molecule has 0 unspecified atom stereocenters. The smallest absolute Gasteiger partial charge is 0.348 e. The van der Waals surface area contributed by atoms with Gasteiger partial charge in [-0.3, -0.25) is 4.79 Å². The zero-order valence-electron chi connectivity index (χ0n) is 16.6. The third kappa shape index (κ3) is 5.37. The number of nitrogens with zero attached hydrogens (tertiary/aromatic N) is 2. The van der Waals surface area contributed by atoms with E-state index in [1.54, 1.807) is 38.1 Å². The average molecular weight is 425 g/mol. The van der Waals surface area contributed by atoms with Crippen LogP contribution >= 0.6 is 11.3 Å². The highest BCUT2D eigenvalue weighted by Crippen LogP contribution is 2.33. The summed E-state index contributed by atoms with van der Waals surface area (Å²) in [6, 6.07) is 8.88. The number of methoxy groups -OCH3 is 1. The minimum absolute atomic E-state index is 0.108. The third-order valence-corrected chi connectivity index (χ3v) is 5.05. The Hall–Kier alpha value is -3.82. The Morgan fingerprint density at radius 3 is 2.67 bits per heavy atom. The summed E-state index contributed by atoms with van der Waals surface area (Å²) in [5.74, 6) is -0.155. The van der Waals surface area contributed by atoms with Gasteiger partial charge >= 0.3 is 5.97 Å². The van der Waals surface area contributed by atoms with E-state index in [1.807, 2.05) is 12.1 Å². The molecule has 1 amide bonds. The molecule has 30 heavy (non-hydrogen) atoms. The van der Waals surface area contributed by atoms with Crippen molar-refractivity contribution in [1.29, 1.82) is 10.5 Å². The number of carbonyl (C=O) groups excluding carboxylic acids is 2. The van der Waals surface area contributed by atoms with Crippen LogP contribution in [0.2, 0.25) is 0 Å². The van der Waals surface area contributed by atoms with Gasteiger partial charge in [-0.1, -0.05) is 6.07 Å². The fourth-order valence-corrected chi connectivity index (χ4v) is 3.52. The number of benzene rings is 1. The van der Waals surface area contributed by atoms with Crippen molar-refractivity contribution < 1.29 is 23.8 Å². The molecule has 1 N–H and O–H groups in total. The zero-order chi connectivity index (χ0) is 22.1. The number of carbonyl (C=O) groups is 2. The largest absolute Gasteiger partial charge is 0.493 e. The van der Waals surface area contributed by atoms with Crippen LogP contribution in [-0.4, -0.2) is 32.2 Å². The highest BCUT2D eigenvalue weighted by Gasteiger charge is 2.21. The second-order valence-corrected chi connectivity index (χ2v) is 6.79. The number of nitriles is 2. The molecule has 0 aliphatic carbocycles. The molecule has 1 aromatic carbocycles. The number of anilines is 1. The van der Waals surface area contributed by atoms with E-state index in [0.29, 0.717) is 22.6 Å². The van der Waals surface area contributed by atoms with E-state index in [9.17, 15) is 14.9 Å². The Morgan fingerprint density at radius 1 is 1.27 bits per heavy atom. The molecular weight excluding hydrogens is 406 g/mol. The lowest BCUT2D eigenvalue weighted by atomic mass is 10.1. The fourth-order valence-electron chi connectivity index (χ4n) is 2.47. The molecule has 0 aliphatic heterocycles. The van der Waals surface area contributed by atoms with Crippen LogP contribution in [0.25, 0.3) is 6.08 Å². The first kappa shape index (κ1) is 22.5. The van der Waals surface area contributed by atoms with Gasteiger partial charge in [0.05, 0.1) is 19.3 Å². The van der Waals surface area contributed by atoms with Gasteiger partial charge in [0.15, 0.2) is 18.1 Å². The number of amides is 1. The Kier molecular flexibility index (Phi) is 7.98. The summed E-state index contributed by atoms with van der Waals surface area (Å²) in [5.41, 5.74) is 1.37. The molecule has 0 radical (unpaired) electrons. The van der Waals surface area contributed by atoms with Crippen LogP contribution in [0.1, 0.15) is 33.3 Å². The van der Waals surface area contributed by atoms with E-state index >= 15 is 0 Å². The van der Waals surface area contributed by atoms with Crippen LogP contribution < -0.4 is 14.8 Å². The molecule has 0 bridgehead atoms. The Bertz CT molecular complexity index is 1060. The van der Waals surface area contributed by atoms with Crippen LogP contribution in [0.5, 0.6) is 11.5 Å². The number of esters is 1. The Labute approximate surface area is 177 Å². The van der Waals surface area contributed by atoms with E-state index in [1.165, 1.54) is 13.2 Å². The van der Waals surface area contributed by atoms with Gasteiger partial charge in [-0.25, -0.2) is 4.79 Å². The van der Waals surface area contributed by atoms with Crippen molar-refractivity contribution in [3.63, 3.8) is 0 Å². The normalized spacial score (nSPS) is 10.2. The van der Waals surface area contributed by atoms with Crippen LogP contribution in [0.4, 0.5) is 5.00 Å². The first-order valence-corrected chi connectivity index (χ1v) is 9.64. The molecule has 2 aromatic rings. The minimum Gasteiger partial charge on any atom is -0.493 e. The summed E-state index contributed by atoms with van der Waals surface area (Å²) in [5, 5.41) is 20.9.